The van der Waals surface area contributed by atoms with Crippen LogP contribution >= 0.6 is 11.8 Å². The molecule has 186 valence electrons. The Morgan fingerprint density at radius 3 is 1.81 bits per heavy atom. The van der Waals surface area contributed by atoms with Crippen LogP contribution in [0, 0.1) is 11.8 Å². The van der Waals surface area contributed by atoms with Crippen LogP contribution in [-0.2, 0) is 19.1 Å². The van der Waals surface area contributed by atoms with Gasteiger partial charge in [-0.3, -0.25) is 9.59 Å². The third-order valence-corrected chi connectivity index (χ3v) is 7.98. The highest BCUT2D eigenvalue weighted by Crippen LogP contribution is 2.44. The van der Waals surface area contributed by atoms with E-state index in [2.05, 4.69) is 6.92 Å². The van der Waals surface area contributed by atoms with Gasteiger partial charge in [0.05, 0.1) is 24.0 Å². The lowest BCUT2D eigenvalue weighted by Crippen LogP contribution is -2.39. The van der Waals surface area contributed by atoms with Crippen LogP contribution in [0.15, 0.2) is 0 Å². The van der Waals surface area contributed by atoms with Gasteiger partial charge in [-0.15, -0.1) is 0 Å². The molecule has 6 heteroatoms. The van der Waals surface area contributed by atoms with Crippen LogP contribution in [0.2, 0.25) is 0 Å². The number of carboxylic acids is 1. The maximum Gasteiger partial charge on any atom is 0.312 e. The molecule has 2 aliphatic heterocycles. The van der Waals surface area contributed by atoms with Gasteiger partial charge in [0.2, 0.25) is 0 Å². The molecule has 2 rings (SSSR count). The second kappa shape index (κ2) is 16.8. The van der Waals surface area contributed by atoms with Gasteiger partial charge in [0, 0.05) is 5.75 Å². The highest BCUT2D eigenvalue weighted by molar-refractivity contribution is 7.99. The number of rotatable bonds is 20. The molecule has 0 aromatic carbocycles. The molecule has 2 aliphatic rings. The first-order valence-corrected chi connectivity index (χ1v) is 14.4. The normalized spacial score (nSPS) is 24.2. The van der Waals surface area contributed by atoms with Crippen molar-refractivity contribution in [1.82, 2.24) is 0 Å². The van der Waals surface area contributed by atoms with Crippen molar-refractivity contribution in [1.29, 1.82) is 0 Å². The molecule has 0 radical (unpaired) electrons. The zero-order valence-electron chi connectivity index (χ0n) is 20.2. The average Bonchev–Trinajstić information content (AvgIpc) is 3.40. The zero-order chi connectivity index (χ0) is 23.0. The zero-order valence-corrected chi connectivity index (χ0v) is 21.0. The van der Waals surface area contributed by atoms with E-state index < -0.39 is 17.8 Å². The SMILES string of the molecule is CCCCCCCCCCCCCCCCSCCOC(=O)[C@H]1[C@@H](C(=O)O)[C@@H]2CC[C@@H]1O2. The number of esters is 1. The molecule has 0 aromatic rings. The van der Waals surface area contributed by atoms with E-state index in [9.17, 15) is 14.7 Å². The fourth-order valence-electron chi connectivity index (χ4n) is 5.09. The summed E-state index contributed by atoms with van der Waals surface area (Å²) in [5.41, 5.74) is 0. The fraction of sp³-hybridized carbons (Fsp3) is 0.923. The maximum atomic E-state index is 12.3. The second-order valence-electron chi connectivity index (χ2n) is 9.56. The van der Waals surface area contributed by atoms with Gasteiger partial charge in [0.1, 0.15) is 6.61 Å². The highest BCUT2D eigenvalue weighted by Gasteiger charge is 2.56. The Morgan fingerprint density at radius 2 is 1.28 bits per heavy atom. The Bertz CT molecular complexity index is 526. The van der Waals surface area contributed by atoms with Gasteiger partial charge in [-0.1, -0.05) is 90.4 Å². The van der Waals surface area contributed by atoms with Gasteiger partial charge < -0.3 is 14.6 Å². The number of carbonyl (C=O) groups excluding carboxylic acids is 1. The maximum absolute atomic E-state index is 12.3. The number of fused-ring (bicyclic) bond motifs is 2. The number of hydrogen-bond acceptors (Lipinski definition) is 5. The molecular weight excluding hydrogens is 424 g/mol. The van der Waals surface area contributed by atoms with E-state index in [1.165, 1.54) is 89.9 Å². The summed E-state index contributed by atoms with van der Waals surface area (Å²) in [5.74, 6) is -0.798. The first kappa shape index (κ1) is 27.5. The molecule has 0 aromatic heterocycles. The van der Waals surface area contributed by atoms with E-state index >= 15 is 0 Å². The third kappa shape index (κ3) is 10.0. The first-order chi connectivity index (χ1) is 15.6. The lowest BCUT2D eigenvalue weighted by Gasteiger charge is -2.23. The summed E-state index contributed by atoms with van der Waals surface area (Å²) < 4.78 is 11.0. The number of carbonyl (C=O) groups is 2. The fourth-order valence-corrected chi connectivity index (χ4v) is 5.90. The molecule has 0 aliphatic carbocycles. The van der Waals surface area contributed by atoms with Gasteiger partial charge in [-0.05, 0) is 25.0 Å². The molecule has 2 saturated heterocycles. The first-order valence-electron chi connectivity index (χ1n) is 13.3. The molecule has 1 N–H and O–H groups in total. The molecule has 2 fully saturated rings. The van der Waals surface area contributed by atoms with Gasteiger partial charge >= 0.3 is 11.9 Å². The summed E-state index contributed by atoms with van der Waals surface area (Å²) in [7, 11) is 0. The topological polar surface area (TPSA) is 72.8 Å². The number of ether oxygens (including phenoxy) is 2. The standard InChI is InChI=1S/C26H46O5S/c1-2-3-4-5-6-7-8-9-10-11-12-13-14-15-19-32-20-18-30-26(29)24-22-17-16-21(31-22)23(24)25(27)28/h21-24H,2-20H2,1H3,(H,27,28)/t21-,22-,23-,24+/m0/s1. The van der Waals surface area contributed by atoms with Crippen molar-refractivity contribution < 1.29 is 24.2 Å². The van der Waals surface area contributed by atoms with Gasteiger partial charge in [-0.2, -0.15) is 11.8 Å². The van der Waals surface area contributed by atoms with Crippen LogP contribution in [0.1, 0.15) is 110 Å². The minimum Gasteiger partial charge on any atom is -0.481 e. The molecule has 0 spiro atoms. The number of thioether (sulfide) groups is 1. The second-order valence-corrected chi connectivity index (χ2v) is 10.8. The highest BCUT2D eigenvalue weighted by atomic mass is 32.2. The largest absolute Gasteiger partial charge is 0.481 e. The van der Waals surface area contributed by atoms with E-state index in [4.69, 9.17) is 9.47 Å². The van der Waals surface area contributed by atoms with Crippen molar-refractivity contribution in [2.24, 2.45) is 11.8 Å². The predicted octanol–water partition coefficient (Wildman–Crippen LogP) is 6.62. The molecule has 32 heavy (non-hydrogen) atoms. The van der Waals surface area contributed by atoms with Crippen LogP contribution in [0.3, 0.4) is 0 Å². The Morgan fingerprint density at radius 1 is 0.781 bits per heavy atom. The van der Waals surface area contributed by atoms with Crippen LogP contribution in [-0.4, -0.2) is 47.4 Å². The summed E-state index contributed by atoms with van der Waals surface area (Å²) in [5, 5.41) is 9.39. The van der Waals surface area contributed by atoms with Crippen molar-refractivity contribution in [3.05, 3.63) is 0 Å². The van der Waals surface area contributed by atoms with E-state index in [0.717, 1.165) is 24.3 Å². The van der Waals surface area contributed by atoms with Crippen molar-refractivity contribution in [3.8, 4) is 0 Å². The Hall–Kier alpha value is -0.750. The molecular formula is C26H46O5S. The Labute approximate surface area is 199 Å². The van der Waals surface area contributed by atoms with E-state index in [0.29, 0.717) is 6.61 Å². The van der Waals surface area contributed by atoms with Crippen molar-refractivity contribution in [3.63, 3.8) is 0 Å². The number of hydrogen-bond donors (Lipinski definition) is 1. The summed E-state index contributed by atoms with van der Waals surface area (Å²) >= 11 is 1.82. The molecule has 0 amide bonds. The summed E-state index contributed by atoms with van der Waals surface area (Å²) in [4.78, 5) is 23.8. The van der Waals surface area contributed by atoms with Crippen molar-refractivity contribution in [2.45, 2.75) is 122 Å². The van der Waals surface area contributed by atoms with Gasteiger partial charge in [-0.25, -0.2) is 0 Å². The quantitative estimate of drug-likeness (QED) is 0.159. The van der Waals surface area contributed by atoms with E-state index in [1.807, 2.05) is 11.8 Å². The third-order valence-electron chi connectivity index (χ3n) is 6.94. The van der Waals surface area contributed by atoms with Gasteiger partial charge in [0.25, 0.3) is 0 Å². The minimum atomic E-state index is -0.939. The monoisotopic (exact) mass is 470 g/mol. The van der Waals surface area contributed by atoms with Gasteiger partial charge in [0.15, 0.2) is 0 Å². The van der Waals surface area contributed by atoms with Crippen LogP contribution in [0.5, 0.6) is 0 Å². The lowest BCUT2D eigenvalue weighted by atomic mass is 9.79. The summed E-state index contributed by atoms with van der Waals surface area (Å²) in [6, 6.07) is 0. The molecule has 0 unspecified atom stereocenters. The number of carboxylic acid groups (broad SMARTS) is 1. The van der Waals surface area contributed by atoms with E-state index in [1.54, 1.807) is 0 Å². The number of unbranched alkanes of at least 4 members (excludes halogenated alkanes) is 13. The Kier molecular flexibility index (Phi) is 14.4. The lowest BCUT2D eigenvalue weighted by molar-refractivity contribution is -0.157. The van der Waals surface area contributed by atoms with E-state index in [-0.39, 0.29) is 18.2 Å². The summed E-state index contributed by atoms with van der Waals surface area (Å²) in [6.45, 7) is 2.64. The molecule has 2 bridgehead atoms. The molecule has 4 atom stereocenters. The number of aliphatic carboxylic acids is 1. The minimum absolute atomic E-state index is 0.267. The Balaban J connectivity index is 1.33. The van der Waals surface area contributed by atoms with Crippen molar-refractivity contribution in [2.75, 3.05) is 18.1 Å². The molecule has 0 saturated carbocycles. The molecule has 2 heterocycles. The smallest absolute Gasteiger partial charge is 0.312 e. The average molecular weight is 471 g/mol. The predicted molar refractivity (Wildman–Crippen MR) is 131 cm³/mol. The van der Waals surface area contributed by atoms with Crippen LogP contribution < -0.4 is 0 Å². The summed E-state index contributed by atoms with van der Waals surface area (Å²) in [6.07, 6.45) is 20.1. The van der Waals surface area contributed by atoms with Crippen LogP contribution in [0.25, 0.3) is 0 Å². The molecule has 5 nitrogen and oxygen atoms in total. The van der Waals surface area contributed by atoms with Crippen LogP contribution in [0.4, 0.5) is 0 Å². The van der Waals surface area contributed by atoms with Crippen molar-refractivity contribution >= 4 is 23.7 Å².